The van der Waals surface area contributed by atoms with Crippen LogP contribution in [-0.4, -0.2) is 12.7 Å². The van der Waals surface area contributed by atoms with Gasteiger partial charge in [0.1, 0.15) is 6.10 Å². The van der Waals surface area contributed by atoms with Crippen LogP contribution in [0.4, 0.5) is 0 Å². The highest BCUT2D eigenvalue weighted by molar-refractivity contribution is 5.34. The predicted octanol–water partition coefficient (Wildman–Crippen LogP) is 3.80. The number of hydrogen-bond acceptors (Lipinski definition) is 1. The molecular weight excluding hydrogens is 208 g/mol. The van der Waals surface area contributed by atoms with E-state index in [2.05, 4.69) is 25.3 Å². The normalized spacial score (nSPS) is 11.4. The molecule has 0 saturated heterocycles. The van der Waals surface area contributed by atoms with Gasteiger partial charge in [0, 0.05) is 5.56 Å². The van der Waals surface area contributed by atoms with Crippen LogP contribution in [0, 0.1) is 11.8 Å². The Morgan fingerprint density at radius 3 is 2.76 bits per heavy atom. The summed E-state index contributed by atoms with van der Waals surface area (Å²) in [6, 6.07) is 10.0. The van der Waals surface area contributed by atoms with E-state index in [0.717, 1.165) is 18.4 Å². The monoisotopic (exact) mass is 228 g/mol. The van der Waals surface area contributed by atoms with Crippen molar-refractivity contribution in [1.82, 2.24) is 0 Å². The molecule has 1 aromatic carbocycles. The third-order valence-corrected chi connectivity index (χ3v) is 2.39. The fraction of sp³-hybridized carbons (Fsp3) is 0.375. The van der Waals surface area contributed by atoms with Crippen LogP contribution >= 0.6 is 0 Å². The molecular formula is C16H20O. The van der Waals surface area contributed by atoms with Crippen LogP contribution in [0.1, 0.15) is 31.7 Å². The van der Waals surface area contributed by atoms with Gasteiger partial charge in [-0.15, -0.1) is 6.58 Å². The number of unbranched alkanes of at least 4 members (excludes halogenated alkanes) is 1. The van der Waals surface area contributed by atoms with Crippen molar-refractivity contribution in [1.29, 1.82) is 0 Å². The van der Waals surface area contributed by atoms with Gasteiger partial charge >= 0.3 is 0 Å². The van der Waals surface area contributed by atoms with E-state index in [0.29, 0.717) is 6.61 Å². The van der Waals surface area contributed by atoms with Gasteiger partial charge in [0.05, 0.1) is 6.61 Å². The second-order valence-corrected chi connectivity index (χ2v) is 3.89. The van der Waals surface area contributed by atoms with Crippen LogP contribution in [0.2, 0.25) is 0 Å². The van der Waals surface area contributed by atoms with Crippen molar-refractivity contribution in [3.63, 3.8) is 0 Å². The minimum Gasteiger partial charge on any atom is -0.361 e. The van der Waals surface area contributed by atoms with Crippen LogP contribution < -0.4 is 0 Å². The van der Waals surface area contributed by atoms with E-state index >= 15 is 0 Å². The molecule has 1 rings (SSSR count). The Balaban J connectivity index is 2.58. The second-order valence-electron chi connectivity index (χ2n) is 3.89. The minimum absolute atomic E-state index is 0.0214. The zero-order valence-electron chi connectivity index (χ0n) is 10.5. The highest BCUT2D eigenvalue weighted by Gasteiger charge is 2.02. The Kier molecular flexibility index (Phi) is 6.86. The molecule has 1 aromatic rings. The van der Waals surface area contributed by atoms with Crippen molar-refractivity contribution >= 4 is 0 Å². The first kappa shape index (κ1) is 13.5. The zero-order chi connectivity index (χ0) is 12.3. The molecule has 0 bridgehead atoms. The summed E-state index contributed by atoms with van der Waals surface area (Å²) >= 11 is 0. The summed E-state index contributed by atoms with van der Waals surface area (Å²) < 4.78 is 5.62. The summed E-state index contributed by atoms with van der Waals surface area (Å²) in [4.78, 5) is 0. The van der Waals surface area contributed by atoms with E-state index in [-0.39, 0.29) is 6.10 Å². The first-order valence-corrected chi connectivity index (χ1v) is 6.16. The molecule has 0 aliphatic heterocycles. The molecule has 0 unspecified atom stereocenters. The van der Waals surface area contributed by atoms with Crippen molar-refractivity contribution in [3.05, 3.63) is 48.6 Å². The average molecular weight is 228 g/mol. The molecule has 0 saturated carbocycles. The Labute approximate surface area is 105 Å². The van der Waals surface area contributed by atoms with E-state index in [1.165, 1.54) is 6.42 Å². The van der Waals surface area contributed by atoms with Crippen molar-refractivity contribution in [2.24, 2.45) is 0 Å². The molecule has 0 amide bonds. The summed E-state index contributed by atoms with van der Waals surface area (Å²) in [5, 5.41) is 0. The minimum atomic E-state index is 0.0214. The lowest BCUT2D eigenvalue weighted by Gasteiger charge is -2.09. The van der Waals surface area contributed by atoms with Gasteiger partial charge in [0.15, 0.2) is 0 Å². The Bertz CT molecular complexity index is 370. The standard InChI is InChI=1S/C16H20O/c1-3-5-11-16(17-14-4-2)13-12-15-9-7-6-8-10-15/h4,6-10,16H,2-3,5,11,14H2,1H3/t16-/m1/s1. The van der Waals surface area contributed by atoms with Gasteiger partial charge in [0.2, 0.25) is 0 Å². The average Bonchev–Trinajstić information content (AvgIpc) is 2.39. The number of hydrogen-bond donors (Lipinski definition) is 0. The smallest absolute Gasteiger partial charge is 0.119 e. The summed E-state index contributed by atoms with van der Waals surface area (Å²) in [7, 11) is 0. The molecule has 90 valence electrons. The van der Waals surface area contributed by atoms with Crippen LogP contribution in [0.15, 0.2) is 43.0 Å². The first-order chi connectivity index (χ1) is 8.36. The van der Waals surface area contributed by atoms with Crippen LogP contribution in [-0.2, 0) is 4.74 Å². The van der Waals surface area contributed by atoms with Crippen molar-refractivity contribution in [3.8, 4) is 11.8 Å². The van der Waals surface area contributed by atoms with Gasteiger partial charge < -0.3 is 4.74 Å². The molecule has 0 N–H and O–H groups in total. The quantitative estimate of drug-likeness (QED) is 0.531. The number of rotatable bonds is 6. The van der Waals surface area contributed by atoms with Crippen molar-refractivity contribution in [2.75, 3.05) is 6.61 Å². The summed E-state index contributed by atoms with van der Waals surface area (Å²) in [6.45, 7) is 6.40. The summed E-state index contributed by atoms with van der Waals surface area (Å²) in [6.07, 6.45) is 5.09. The van der Waals surface area contributed by atoms with Gasteiger partial charge in [-0.1, -0.05) is 55.9 Å². The van der Waals surface area contributed by atoms with E-state index < -0.39 is 0 Å². The van der Waals surface area contributed by atoms with E-state index in [1.54, 1.807) is 6.08 Å². The third kappa shape index (κ3) is 5.94. The molecule has 1 heteroatoms. The SMILES string of the molecule is C=CCO[C@@H](C#Cc1ccccc1)CCCC. The van der Waals surface area contributed by atoms with Gasteiger partial charge in [-0.25, -0.2) is 0 Å². The van der Waals surface area contributed by atoms with Crippen molar-refractivity contribution in [2.45, 2.75) is 32.3 Å². The number of benzene rings is 1. The Morgan fingerprint density at radius 1 is 1.35 bits per heavy atom. The summed E-state index contributed by atoms with van der Waals surface area (Å²) in [5.74, 6) is 6.34. The highest BCUT2D eigenvalue weighted by Crippen LogP contribution is 2.05. The van der Waals surface area contributed by atoms with Gasteiger partial charge in [-0.2, -0.15) is 0 Å². The van der Waals surface area contributed by atoms with Crippen LogP contribution in [0.3, 0.4) is 0 Å². The Morgan fingerprint density at radius 2 is 2.12 bits per heavy atom. The van der Waals surface area contributed by atoms with E-state index in [1.807, 2.05) is 30.3 Å². The van der Waals surface area contributed by atoms with E-state index in [4.69, 9.17) is 4.74 Å². The summed E-state index contributed by atoms with van der Waals surface area (Å²) in [5.41, 5.74) is 1.04. The van der Waals surface area contributed by atoms with Crippen molar-refractivity contribution < 1.29 is 4.74 Å². The molecule has 0 aliphatic carbocycles. The molecule has 0 aromatic heterocycles. The molecule has 0 fully saturated rings. The maximum absolute atomic E-state index is 5.62. The highest BCUT2D eigenvalue weighted by atomic mass is 16.5. The lowest BCUT2D eigenvalue weighted by Crippen LogP contribution is -2.10. The van der Waals surface area contributed by atoms with Crippen LogP contribution in [0.5, 0.6) is 0 Å². The Hall–Kier alpha value is -1.52. The lowest BCUT2D eigenvalue weighted by atomic mass is 10.1. The van der Waals surface area contributed by atoms with Gasteiger partial charge in [-0.3, -0.25) is 0 Å². The fourth-order valence-electron chi connectivity index (χ4n) is 1.46. The lowest BCUT2D eigenvalue weighted by molar-refractivity contribution is 0.108. The van der Waals surface area contributed by atoms with Crippen LogP contribution in [0.25, 0.3) is 0 Å². The third-order valence-electron chi connectivity index (χ3n) is 2.39. The molecule has 1 atom stereocenters. The zero-order valence-corrected chi connectivity index (χ0v) is 10.5. The first-order valence-electron chi connectivity index (χ1n) is 6.16. The topological polar surface area (TPSA) is 9.23 Å². The maximum Gasteiger partial charge on any atom is 0.119 e. The second kappa shape index (κ2) is 8.61. The number of ether oxygens (including phenoxy) is 1. The molecule has 0 spiro atoms. The molecule has 0 aliphatic rings. The molecule has 1 nitrogen and oxygen atoms in total. The van der Waals surface area contributed by atoms with E-state index in [9.17, 15) is 0 Å². The predicted molar refractivity (Wildman–Crippen MR) is 72.8 cm³/mol. The maximum atomic E-state index is 5.62. The van der Waals surface area contributed by atoms with Gasteiger partial charge in [-0.05, 0) is 18.6 Å². The molecule has 0 radical (unpaired) electrons. The largest absolute Gasteiger partial charge is 0.361 e. The van der Waals surface area contributed by atoms with Gasteiger partial charge in [0.25, 0.3) is 0 Å². The molecule has 0 heterocycles. The fourth-order valence-corrected chi connectivity index (χ4v) is 1.46. The molecule has 17 heavy (non-hydrogen) atoms.